The molecule has 0 aliphatic carbocycles. The lowest BCUT2D eigenvalue weighted by Gasteiger charge is -2.21. The minimum Gasteiger partial charge on any atom is -0.467 e. The highest BCUT2D eigenvalue weighted by atomic mass is 16.5. The Kier molecular flexibility index (Phi) is 3.79. The minimum atomic E-state index is -0.638. The summed E-state index contributed by atoms with van der Waals surface area (Å²) >= 11 is 0. The van der Waals surface area contributed by atoms with Crippen LogP contribution in [0.3, 0.4) is 0 Å². The molecule has 2 rings (SSSR count). The van der Waals surface area contributed by atoms with Crippen LogP contribution in [0.1, 0.15) is 6.42 Å². The summed E-state index contributed by atoms with van der Waals surface area (Å²) in [4.78, 5) is 23.3. The fraction of sp³-hybridized carbons (Fsp3) is 0.308. The van der Waals surface area contributed by atoms with Crippen LogP contribution in [0.5, 0.6) is 0 Å². The topological polar surface area (TPSA) is 68.2 Å². The Balaban J connectivity index is 2.32. The number of nitrogens with zero attached hydrogens (tertiary/aromatic N) is 2. The van der Waals surface area contributed by atoms with Crippen molar-refractivity contribution in [3.63, 3.8) is 0 Å². The second-order valence-electron chi connectivity index (χ2n) is 3.96. The molecule has 0 radical (unpaired) electrons. The van der Waals surface area contributed by atoms with Gasteiger partial charge >= 0.3 is 11.9 Å². The van der Waals surface area contributed by atoms with Crippen LogP contribution in [0.4, 0.5) is 5.69 Å². The highest BCUT2D eigenvalue weighted by molar-refractivity contribution is 6.38. The zero-order valence-corrected chi connectivity index (χ0v) is 10.7. The first-order chi connectivity index (χ1) is 9.17. The Morgan fingerprint density at radius 1 is 1.21 bits per heavy atom. The van der Waals surface area contributed by atoms with Crippen molar-refractivity contribution in [1.29, 1.82) is 0 Å². The number of anilines is 1. The smallest absolute Gasteiger partial charge is 0.354 e. The van der Waals surface area contributed by atoms with Crippen molar-refractivity contribution >= 4 is 23.3 Å². The van der Waals surface area contributed by atoms with E-state index in [1.165, 1.54) is 19.2 Å². The van der Waals surface area contributed by atoms with Crippen molar-refractivity contribution in [2.75, 3.05) is 19.2 Å². The van der Waals surface area contributed by atoms with Crippen LogP contribution in [0.2, 0.25) is 0 Å². The second kappa shape index (κ2) is 5.51. The summed E-state index contributed by atoms with van der Waals surface area (Å²) in [7, 11) is 2.59. The van der Waals surface area contributed by atoms with Crippen molar-refractivity contribution in [2.24, 2.45) is 5.10 Å². The van der Waals surface area contributed by atoms with Crippen LogP contribution in [0, 0.1) is 0 Å². The summed E-state index contributed by atoms with van der Waals surface area (Å²) in [5.74, 6) is -0.973. The van der Waals surface area contributed by atoms with Crippen molar-refractivity contribution in [3.05, 3.63) is 30.3 Å². The van der Waals surface area contributed by atoms with Crippen LogP contribution in [-0.4, -0.2) is 37.9 Å². The SMILES string of the molecule is COC(=O)C1=NN(c2ccccc2)C(C(=O)OC)C1. The Bertz CT molecular complexity index is 513. The van der Waals surface area contributed by atoms with E-state index in [9.17, 15) is 9.59 Å². The minimum absolute atomic E-state index is 0.175. The van der Waals surface area contributed by atoms with Gasteiger partial charge in [0.1, 0.15) is 5.71 Å². The fourth-order valence-electron chi connectivity index (χ4n) is 1.89. The number of hydrogen-bond donors (Lipinski definition) is 0. The van der Waals surface area contributed by atoms with E-state index in [1.54, 1.807) is 12.1 Å². The first kappa shape index (κ1) is 13.1. The number of rotatable bonds is 3. The van der Waals surface area contributed by atoms with Gasteiger partial charge in [0.15, 0.2) is 6.04 Å². The average Bonchev–Trinajstić information content (AvgIpc) is 2.91. The molecule has 0 saturated heterocycles. The van der Waals surface area contributed by atoms with Gasteiger partial charge in [-0.1, -0.05) is 18.2 Å². The third-order valence-corrected chi connectivity index (χ3v) is 2.83. The molecule has 0 aromatic heterocycles. The normalized spacial score (nSPS) is 17.9. The number of benzene rings is 1. The van der Waals surface area contributed by atoms with Gasteiger partial charge in [-0.3, -0.25) is 5.01 Å². The predicted octanol–water partition coefficient (Wildman–Crippen LogP) is 0.967. The maximum absolute atomic E-state index is 11.8. The summed E-state index contributed by atoms with van der Waals surface area (Å²) in [6.07, 6.45) is 0.175. The molecule has 6 heteroatoms. The Morgan fingerprint density at radius 3 is 2.47 bits per heavy atom. The molecule has 6 nitrogen and oxygen atoms in total. The highest BCUT2D eigenvalue weighted by Crippen LogP contribution is 2.25. The number of hydrazone groups is 1. The Labute approximate surface area is 110 Å². The molecule has 0 spiro atoms. The van der Waals surface area contributed by atoms with Crippen LogP contribution >= 0.6 is 0 Å². The number of methoxy groups -OCH3 is 2. The van der Waals surface area contributed by atoms with Gasteiger partial charge in [0.2, 0.25) is 0 Å². The van der Waals surface area contributed by atoms with E-state index >= 15 is 0 Å². The first-order valence-electron chi connectivity index (χ1n) is 5.75. The molecular formula is C13H14N2O4. The van der Waals surface area contributed by atoms with Crippen LogP contribution < -0.4 is 5.01 Å². The lowest BCUT2D eigenvalue weighted by molar-refractivity contribution is -0.141. The van der Waals surface area contributed by atoms with E-state index in [0.29, 0.717) is 0 Å². The molecule has 1 aromatic carbocycles. The zero-order valence-electron chi connectivity index (χ0n) is 10.7. The van der Waals surface area contributed by atoms with Gasteiger partial charge in [-0.25, -0.2) is 9.59 Å². The number of esters is 2. The van der Waals surface area contributed by atoms with Crippen molar-refractivity contribution in [1.82, 2.24) is 0 Å². The highest BCUT2D eigenvalue weighted by Gasteiger charge is 2.37. The van der Waals surface area contributed by atoms with Crippen molar-refractivity contribution < 1.29 is 19.1 Å². The quantitative estimate of drug-likeness (QED) is 0.759. The van der Waals surface area contributed by atoms with Crippen LogP contribution in [0.25, 0.3) is 0 Å². The Hall–Kier alpha value is -2.37. The van der Waals surface area contributed by atoms with E-state index in [1.807, 2.05) is 18.2 Å². The third kappa shape index (κ3) is 2.57. The van der Waals surface area contributed by atoms with Crippen molar-refractivity contribution in [3.8, 4) is 0 Å². The molecular weight excluding hydrogens is 248 g/mol. The summed E-state index contributed by atoms with van der Waals surface area (Å²) < 4.78 is 9.37. The lowest BCUT2D eigenvalue weighted by Crippen LogP contribution is -2.35. The van der Waals surface area contributed by atoms with E-state index in [2.05, 4.69) is 9.84 Å². The maximum atomic E-state index is 11.8. The predicted molar refractivity (Wildman–Crippen MR) is 68.8 cm³/mol. The molecule has 1 unspecified atom stereocenters. The molecule has 0 fully saturated rings. The summed E-state index contributed by atoms with van der Waals surface area (Å²) in [6, 6.07) is 8.49. The maximum Gasteiger partial charge on any atom is 0.354 e. The fourth-order valence-corrected chi connectivity index (χ4v) is 1.89. The van der Waals surface area contributed by atoms with Gasteiger partial charge in [-0.15, -0.1) is 0 Å². The van der Waals surface area contributed by atoms with E-state index in [0.717, 1.165) is 5.69 Å². The standard InChI is InChI=1S/C13H14N2O4/c1-18-12(16)10-8-11(13(17)19-2)15(14-10)9-6-4-3-5-7-9/h3-7,11H,8H2,1-2H3. The first-order valence-corrected chi connectivity index (χ1v) is 5.75. The van der Waals surface area contributed by atoms with E-state index in [4.69, 9.17) is 4.74 Å². The number of carbonyl (C=O) groups excluding carboxylic acids is 2. The third-order valence-electron chi connectivity index (χ3n) is 2.83. The molecule has 0 bridgehead atoms. The second-order valence-corrected chi connectivity index (χ2v) is 3.96. The summed E-state index contributed by atoms with van der Waals surface area (Å²) in [5, 5.41) is 5.64. The van der Waals surface area contributed by atoms with E-state index in [-0.39, 0.29) is 12.1 Å². The number of ether oxygens (including phenoxy) is 2. The van der Waals surface area contributed by atoms with Crippen LogP contribution in [0.15, 0.2) is 35.4 Å². The van der Waals surface area contributed by atoms with Crippen molar-refractivity contribution in [2.45, 2.75) is 12.5 Å². The van der Waals surface area contributed by atoms with Gasteiger partial charge < -0.3 is 9.47 Å². The van der Waals surface area contributed by atoms with Gasteiger partial charge in [0.05, 0.1) is 19.9 Å². The van der Waals surface area contributed by atoms with Crippen LogP contribution in [-0.2, 0) is 19.1 Å². The molecule has 0 saturated carbocycles. The molecule has 1 atom stereocenters. The largest absolute Gasteiger partial charge is 0.467 e. The monoisotopic (exact) mass is 262 g/mol. The molecule has 1 aliphatic rings. The summed E-state index contributed by atoms with van der Waals surface area (Å²) in [5.41, 5.74) is 0.929. The van der Waals surface area contributed by atoms with Gasteiger partial charge in [-0.2, -0.15) is 5.10 Å². The molecule has 0 amide bonds. The molecule has 1 aliphatic heterocycles. The van der Waals surface area contributed by atoms with Gasteiger partial charge in [0, 0.05) is 6.42 Å². The van der Waals surface area contributed by atoms with Gasteiger partial charge in [0.25, 0.3) is 0 Å². The number of hydrogen-bond acceptors (Lipinski definition) is 6. The zero-order chi connectivity index (χ0) is 13.8. The molecule has 0 N–H and O–H groups in total. The number of para-hydroxylation sites is 1. The molecule has 19 heavy (non-hydrogen) atoms. The van der Waals surface area contributed by atoms with E-state index < -0.39 is 18.0 Å². The molecule has 100 valence electrons. The molecule has 1 heterocycles. The Morgan fingerprint density at radius 2 is 1.89 bits per heavy atom. The summed E-state index contributed by atoms with van der Waals surface area (Å²) in [6.45, 7) is 0. The average molecular weight is 262 g/mol. The lowest BCUT2D eigenvalue weighted by atomic mass is 10.1. The molecule has 1 aromatic rings. The number of carbonyl (C=O) groups is 2. The van der Waals surface area contributed by atoms with Gasteiger partial charge in [-0.05, 0) is 12.1 Å².